The Hall–Kier alpha value is -1.89. The zero-order chi connectivity index (χ0) is 19.5. The maximum Gasteiger partial charge on any atom is 0.330 e. The highest BCUT2D eigenvalue weighted by Crippen LogP contribution is 2.27. The van der Waals surface area contributed by atoms with Crippen LogP contribution < -0.4 is 0 Å². The molecule has 0 saturated carbocycles. The standard InChI is InChI=1S/C19H24F3NO3/c1-19(2,3)18(25)26-23-6-4-5-16(23)17(24)12-7-13(9-20)15(11-22)14(8-12)10-21/h7-8,16H,4-6,9-11H2,1-3H3/t16-/m1/s1. The molecule has 7 heteroatoms. The molecule has 0 unspecified atom stereocenters. The van der Waals surface area contributed by atoms with Crippen LogP contribution in [-0.2, 0) is 29.7 Å². The van der Waals surface area contributed by atoms with E-state index in [1.165, 1.54) is 17.2 Å². The molecule has 0 bridgehead atoms. The normalized spacial score (nSPS) is 18.2. The van der Waals surface area contributed by atoms with Gasteiger partial charge in [-0.2, -0.15) is 0 Å². The van der Waals surface area contributed by atoms with E-state index in [0.717, 1.165) is 0 Å². The van der Waals surface area contributed by atoms with Gasteiger partial charge in [-0.05, 0) is 62.4 Å². The van der Waals surface area contributed by atoms with E-state index in [2.05, 4.69) is 0 Å². The highest BCUT2D eigenvalue weighted by Gasteiger charge is 2.37. The highest BCUT2D eigenvalue weighted by molar-refractivity contribution is 6.00. The van der Waals surface area contributed by atoms with Crippen LogP contribution in [0.3, 0.4) is 0 Å². The third-order valence-corrected chi connectivity index (χ3v) is 4.46. The van der Waals surface area contributed by atoms with Crippen LogP contribution in [-0.4, -0.2) is 29.4 Å². The van der Waals surface area contributed by atoms with Crippen molar-refractivity contribution in [3.05, 3.63) is 34.4 Å². The molecule has 0 radical (unpaired) electrons. The second kappa shape index (κ2) is 8.20. The first kappa shape index (κ1) is 20.4. The monoisotopic (exact) mass is 371 g/mol. The van der Waals surface area contributed by atoms with Crippen molar-refractivity contribution in [3.63, 3.8) is 0 Å². The van der Waals surface area contributed by atoms with E-state index in [9.17, 15) is 22.8 Å². The van der Waals surface area contributed by atoms with Gasteiger partial charge in [-0.3, -0.25) is 4.79 Å². The van der Waals surface area contributed by atoms with Gasteiger partial charge in [0, 0.05) is 12.1 Å². The average Bonchev–Trinajstić information content (AvgIpc) is 3.06. The minimum absolute atomic E-state index is 0.0257. The maximum atomic E-state index is 13.2. The molecule has 1 aliphatic heterocycles. The minimum Gasteiger partial charge on any atom is -0.367 e. The summed E-state index contributed by atoms with van der Waals surface area (Å²) in [4.78, 5) is 30.3. The number of rotatable bonds is 6. The lowest BCUT2D eigenvalue weighted by atomic mass is 9.94. The van der Waals surface area contributed by atoms with Crippen LogP contribution in [0.15, 0.2) is 12.1 Å². The van der Waals surface area contributed by atoms with Gasteiger partial charge >= 0.3 is 5.97 Å². The zero-order valence-corrected chi connectivity index (χ0v) is 15.3. The average molecular weight is 371 g/mol. The van der Waals surface area contributed by atoms with Gasteiger partial charge in [0.15, 0.2) is 5.78 Å². The van der Waals surface area contributed by atoms with E-state index in [-0.39, 0.29) is 28.0 Å². The van der Waals surface area contributed by atoms with Crippen molar-refractivity contribution in [2.75, 3.05) is 6.54 Å². The number of hydrogen-bond donors (Lipinski definition) is 0. The molecule has 1 fully saturated rings. The second-order valence-electron chi connectivity index (χ2n) is 7.47. The number of Topliss-reactive ketones (excluding diaryl/α,β-unsaturated/α-hetero) is 1. The summed E-state index contributed by atoms with van der Waals surface area (Å²) in [5, 5.41) is 1.34. The molecule has 0 amide bonds. The summed E-state index contributed by atoms with van der Waals surface area (Å²) in [5.41, 5.74) is -0.716. The van der Waals surface area contributed by atoms with E-state index in [4.69, 9.17) is 4.84 Å². The zero-order valence-electron chi connectivity index (χ0n) is 15.3. The molecule has 1 aromatic carbocycles. The van der Waals surface area contributed by atoms with Gasteiger partial charge in [-0.15, -0.1) is 5.06 Å². The number of nitrogens with zero attached hydrogens (tertiary/aromatic N) is 1. The topological polar surface area (TPSA) is 46.6 Å². The molecule has 0 N–H and O–H groups in total. The summed E-state index contributed by atoms with van der Waals surface area (Å²) in [6.45, 7) is 2.57. The van der Waals surface area contributed by atoms with Gasteiger partial charge in [0.25, 0.3) is 0 Å². The van der Waals surface area contributed by atoms with Crippen molar-refractivity contribution in [1.29, 1.82) is 0 Å². The van der Waals surface area contributed by atoms with Crippen LogP contribution in [0.5, 0.6) is 0 Å². The van der Waals surface area contributed by atoms with Gasteiger partial charge in [0.2, 0.25) is 0 Å². The molecule has 1 atom stereocenters. The van der Waals surface area contributed by atoms with Gasteiger partial charge < -0.3 is 4.84 Å². The van der Waals surface area contributed by atoms with Crippen LogP contribution in [0, 0.1) is 5.41 Å². The van der Waals surface area contributed by atoms with Crippen molar-refractivity contribution in [2.45, 2.75) is 59.7 Å². The maximum absolute atomic E-state index is 13.2. The number of carbonyl (C=O) groups is 2. The highest BCUT2D eigenvalue weighted by atomic mass is 19.1. The van der Waals surface area contributed by atoms with E-state index in [1.54, 1.807) is 20.8 Å². The lowest BCUT2D eigenvalue weighted by molar-refractivity contribution is -0.200. The summed E-state index contributed by atoms with van der Waals surface area (Å²) >= 11 is 0. The third kappa shape index (κ3) is 4.26. The Balaban J connectivity index is 2.28. The molecule has 1 saturated heterocycles. The minimum atomic E-state index is -0.994. The van der Waals surface area contributed by atoms with Crippen LogP contribution >= 0.6 is 0 Å². The first-order chi connectivity index (χ1) is 12.2. The lowest BCUT2D eigenvalue weighted by Gasteiger charge is -2.26. The number of hydroxylamine groups is 2. The van der Waals surface area contributed by atoms with Gasteiger partial charge in [0.1, 0.15) is 26.1 Å². The predicted molar refractivity (Wildman–Crippen MR) is 90.5 cm³/mol. The molecule has 2 rings (SSSR count). The third-order valence-electron chi connectivity index (χ3n) is 4.46. The summed E-state index contributed by atoms with van der Waals surface area (Å²) in [7, 11) is 0. The van der Waals surface area contributed by atoms with Crippen LogP contribution in [0.4, 0.5) is 13.2 Å². The summed E-state index contributed by atoms with van der Waals surface area (Å²) in [5.74, 6) is -0.849. The lowest BCUT2D eigenvalue weighted by Crippen LogP contribution is -2.40. The first-order valence-electron chi connectivity index (χ1n) is 8.58. The Morgan fingerprint density at radius 3 is 2.15 bits per heavy atom. The fraction of sp³-hybridized carbons (Fsp3) is 0.579. The summed E-state index contributed by atoms with van der Waals surface area (Å²) in [6, 6.07) is 1.81. The molecular formula is C19H24F3NO3. The van der Waals surface area contributed by atoms with Crippen molar-refractivity contribution in [3.8, 4) is 0 Å². The Morgan fingerprint density at radius 2 is 1.69 bits per heavy atom. The molecule has 1 aliphatic rings. The number of benzene rings is 1. The Morgan fingerprint density at radius 1 is 1.12 bits per heavy atom. The SMILES string of the molecule is CC(C)(C)C(=O)ON1CCC[C@@H]1C(=O)c1cc(CF)c(CF)c(CF)c1. The smallest absolute Gasteiger partial charge is 0.330 e. The fourth-order valence-electron chi connectivity index (χ4n) is 2.90. The Kier molecular flexibility index (Phi) is 6.44. The van der Waals surface area contributed by atoms with Crippen molar-refractivity contribution in [2.24, 2.45) is 5.41 Å². The molecule has 1 heterocycles. The second-order valence-corrected chi connectivity index (χ2v) is 7.47. The number of carbonyl (C=O) groups excluding carboxylic acids is 2. The first-order valence-corrected chi connectivity index (χ1v) is 8.58. The van der Waals surface area contributed by atoms with Crippen molar-refractivity contribution >= 4 is 11.8 Å². The van der Waals surface area contributed by atoms with Gasteiger partial charge in [-0.1, -0.05) is 0 Å². The predicted octanol–water partition coefficient (Wildman–Crippen LogP) is 4.25. The Bertz CT molecular complexity index is 660. The van der Waals surface area contributed by atoms with E-state index < -0.39 is 37.4 Å². The van der Waals surface area contributed by atoms with Crippen LogP contribution in [0.2, 0.25) is 0 Å². The molecule has 0 spiro atoms. The van der Waals surface area contributed by atoms with E-state index in [0.29, 0.717) is 19.4 Å². The summed E-state index contributed by atoms with van der Waals surface area (Å²) in [6.07, 6.45) is 1.12. The molecule has 4 nitrogen and oxygen atoms in total. The number of ketones is 1. The van der Waals surface area contributed by atoms with E-state index >= 15 is 0 Å². The van der Waals surface area contributed by atoms with Crippen molar-refractivity contribution in [1.82, 2.24) is 5.06 Å². The quantitative estimate of drug-likeness (QED) is 0.702. The molecule has 0 aliphatic carbocycles. The van der Waals surface area contributed by atoms with E-state index in [1.807, 2.05) is 0 Å². The van der Waals surface area contributed by atoms with Crippen LogP contribution in [0.25, 0.3) is 0 Å². The number of hydrogen-bond acceptors (Lipinski definition) is 4. The molecule has 0 aromatic heterocycles. The number of halogens is 3. The Labute approximate surface area is 151 Å². The molecule has 26 heavy (non-hydrogen) atoms. The molecule has 144 valence electrons. The van der Waals surface area contributed by atoms with Crippen molar-refractivity contribution < 1.29 is 27.6 Å². The van der Waals surface area contributed by atoms with Crippen LogP contribution in [0.1, 0.15) is 60.7 Å². The van der Waals surface area contributed by atoms with Gasteiger partial charge in [0.05, 0.1) is 5.41 Å². The summed E-state index contributed by atoms with van der Waals surface area (Å²) < 4.78 is 39.5. The number of alkyl halides is 3. The molecular weight excluding hydrogens is 347 g/mol. The largest absolute Gasteiger partial charge is 0.367 e. The fourth-order valence-corrected chi connectivity index (χ4v) is 2.90. The molecule has 1 aromatic rings. The van der Waals surface area contributed by atoms with Gasteiger partial charge in [-0.25, -0.2) is 18.0 Å².